The highest BCUT2D eigenvalue weighted by molar-refractivity contribution is 6.10. The Labute approximate surface area is 191 Å². The van der Waals surface area contributed by atoms with Crippen molar-refractivity contribution >= 4 is 35.1 Å². The fraction of sp³-hybridized carbons (Fsp3) is 0.360. The van der Waals surface area contributed by atoms with Crippen molar-refractivity contribution in [2.24, 2.45) is 0 Å². The molecule has 33 heavy (non-hydrogen) atoms. The lowest BCUT2D eigenvalue weighted by Gasteiger charge is -2.27. The SMILES string of the molecule is O=C(CN1C(=O)NC2(CCCCc3ccccc32)C1=O)Nc1cccc(N2CCCC2=O)c1. The predicted octanol–water partition coefficient (Wildman–Crippen LogP) is 2.93. The number of urea groups is 1. The molecule has 8 nitrogen and oxygen atoms in total. The van der Waals surface area contributed by atoms with Gasteiger partial charge in [0, 0.05) is 24.3 Å². The summed E-state index contributed by atoms with van der Waals surface area (Å²) >= 11 is 0. The molecule has 2 fully saturated rings. The van der Waals surface area contributed by atoms with Crippen LogP contribution in [0.5, 0.6) is 0 Å². The molecule has 0 aromatic heterocycles. The van der Waals surface area contributed by atoms with E-state index in [1.807, 2.05) is 30.3 Å². The third-order valence-corrected chi connectivity index (χ3v) is 6.72. The molecule has 5 amide bonds. The number of carbonyl (C=O) groups is 4. The molecule has 0 radical (unpaired) electrons. The van der Waals surface area contributed by atoms with Crippen molar-refractivity contribution in [1.29, 1.82) is 0 Å². The number of hydrogen-bond acceptors (Lipinski definition) is 4. The highest BCUT2D eigenvalue weighted by Crippen LogP contribution is 2.39. The van der Waals surface area contributed by atoms with Crippen LogP contribution in [0.2, 0.25) is 0 Å². The minimum atomic E-state index is -1.11. The van der Waals surface area contributed by atoms with Crippen molar-refractivity contribution in [1.82, 2.24) is 10.2 Å². The lowest BCUT2D eigenvalue weighted by atomic mass is 9.84. The summed E-state index contributed by atoms with van der Waals surface area (Å²) in [5.41, 5.74) is 2.01. The van der Waals surface area contributed by atoms with Gasteiger partial charge in [-0.05, 0) is 61.4 Å². The molecule has 8 heteroatoms. The first-order valence-corrected chi connectivity index (χ1v) is 11.4. The molecule has 0 bridgehead atoms. The Morgan fingerprint density at radius 2 is 1.85 bits per heavy atom. The van der Waals surface area contributed by atoms with Gasteiger partial charge in [0.15, 0.2) is 0 Å². The first-order chi connectivity index (χ1) is 16.0. The van der Waals surface area contributed by atoms with E-state index in [4.69, 9.17) is 0 Å². The minimum Gasteiger partial charge on any atom is -0.324 e. The van der Waals surface area contributed by atoms with Crippen LogP contribution in [0.4, 0.5) is 16.2 Å². The molecule has 2 saturated heterocycles. The Morgan fingerprint density at radius 3 is 2.67 bits per heavy atom. The Balaban J connectivity index is 1.32. The minimum absolute atomic E-state index is 0.0618. The molecule has 170 valence electrons. The number of nitrogens with zero attached hydrogens (tertiary/aromatic N) is 2. The molecule has 3 aliphatic rings. The predicted molar refractivity (Wildman–Crippen MR) is 123 cm³/mol. The summed E-state index contributed by atoms with van der Waals surface area (Å²) in [4.78, 5) is 53.8. The van der Waals surface area contributed by atoms with Crippen LogP contribution >= 0.6 is 0 Å². The fourth-order valence-corrected chi connectivity index (χ4v) is 5.13. The average molecular weight is 447 g/mol. The molecular weight excluding hydrogens is 420 g/mol. The Bertz CT molecular complexity index is 1150. The van der Waals surface area contributed by atoms with E-state index in [9.17, 15) is 19.2 Å². The molecule has 0 saturated carbocycles. The molecule has 2 N–H and O–H groups in total. The van der Waals surface area contributed by atoms with E-state index in [0.717, 1.165) is 47.4 Å². The van der Waals surface area contributed by atoms with E-state index >= 15 is 0 Å². The number of rotatable bonds is 4. The van der Waals surface area contributed by atoms with Crippen LogP contribution in [0.25, 0.3) is 0 Å². The number of imide groups is 1. The number of aryl methyl sites for hydroxylation is 1. The molecule has 1 unspecified atom stereocenters. The standard InChI is InChI=1S/C25H26N4O4/c30-21(26-18-9-5-10-19(15-18)28-14-6-12-22(28)31)16-29-23(32)25(27-24(29)33)13-4-3-8-17-7-1-2-11-20(17)25/h1-2,5,7,9-11,15H,3-4,6,8,12-14,16H2,(H,26,30)(H,27,33). The molecule has 2 aromatic rings. The van der Waals surface area contributed by atoms with Gasteiger partial charge in [-0.2, -0.15) is 0 Å². The zero-order chi connectivity index (χ0) is 23.0. The molecule has 5 rings (SSSR count). The van der Waals surface area contributed by atoms with E-state index in [0.29, 0.717) is 25.1 Å². The number of carbonyl (C=O) groups excluding carboxylic acids is 4. The van der Waals surface area contributed by atoms with E-state index in [2.05, 4.69) is 10.6 Å². The molecule has 2 aromatic carbocycles. The zero-order valence-electron chi connectivity index (χ0n) is 18.3. The van der Waals surface area contributed by atoms with Crippen molar-refractivity contribution in [3.05, 3.63) is 59.7 Å². The summed E-state index contributed by atoms with van der Waals surface area (Å²) in [6.45, 7) is 0.281. The van der Waals surface area contributed by atoms with Crippen LogP contribution in [-0.2, 0) is 26.3 Å². The molecule has 2 heterocycles. The van der Waals surface area contributed by atoms with Crippen molar-refractivity contribution < 1.29 is 19.2 Å². The monoisotopic (exact) mass is 446 g/mol. The van der Waals surface area contributed by atoms with E-state index < -0.39 is 17.5 Å². The average Bonchev–Trinajstić information content (AvgIpc) is 3.27. The van der Waals surface area contributed by atoms with Crippen LogP contribution in [0.1, 0.15) is 43.2 Å². The summed E-state index contributed by atoms with van der Waals surface area (Å²) in [7, 11) is 0. The normalized spacial score (nSPS) is 22.4. The van der Waals surface area contributed by atoms with Crippen LogP contribution < -0.4 is 15.5 Å². The smallest absolute Gasteiger partial charge is 0.324 e. The highest BCUT2D eigenvalue weighted by atomic mass is 16.2. The van der Waals surface area contributed by atoms with Gasteiger partial charge in [-0.25, -0.2) is 4.79 Å². The quantitative estimate of drug-likeness (QED) is 0.706. The second-order valence-electron chi connectivity index (χ2n) is 8.84. The summed E-state index contributed by atoms with van der Waals surface area (Å²) in [5, 5.41) is 5.66. The second kappa shape index (κ2) is 8.35. The van der Waals surface area contributed by atoms with E-state index in [-0.39, 0.29) is 18.4 Å². The Morgan fingerprint density at radius 1 is 1.00 bits per heavy atom. The molecule has 1 atom stereocenters. The van der Waals surface area contributed by atoms with Crippen LogP contribution in [0.15, 0.2) is 48.5 Å². The van der Waals surface area contributed by atoms with Crippen molar-refractivity contribution in [3.8, 4) is 0 Å². The van der Waals surface area contributed by atoms with Gasteiger partial charge in [0.1, 0.15) is 12.1 Å². The lowest BCUT2D eigenvalue weighted by molar-refractivity contribution is -0.134. The number of nitrogens with one attached hydrogen (secondary N) is 2. The van der Waals surface area contributed by atoms with Crippen LogP contribution in [-0.4, -0.2) is 41.7 Å². The number of anilines is 2. The maximum atomic E-state index is 13.5. The van der Waals surface area contributed by atoms with Gasteiger partial charge in [-0.3, -0.25) is 19.3 Å². The number of fused-ring (bicyclic) bond motifs is 2. The first kappa shape index (κ1) is 21.2. The number of benzene rings is 2. The Kier molecular flexibility index (Phi) is 5.36. The fourth-order valence-electron chi connectivity index (χ4n) is 5.13. The second-order valence-corrected chi connectivity index (χ2v) is 8.84. The van der Waals surface area contributed by atoms with Crippen molar-refractivity contribution in [2.45, 2.75) is 44.1 Å². The third kappa shape index (κ3) is 3.75. The summed E-state index contributed by atoms with van der Waals surface area (Å²) < 4.78 is 0. The Hall–Kier alpha value is -3.68. The zero-order valence-corrected chi connectivity index (χ0v) is 18.3. The van der Waals surface area contributed by atoms with Crippen molar-refractivity contribution in [2.75, 3.05) is 23.3 Å². The van der Waals surface area contributed by atoms with Gasteiger partial charge in [0.05, 0.1) is 0 Å². The largest absolute Gasteiger partial charge is 0.325 e. The van der Waals surface area contributed by atoms with Gasteiger partial charge in [-0.1, -0.05) is 30.3 Å². The van der Waals surface area contributed by atoms with Gasteiger partial charge >= 0.3 is 6.03 Å². The summed E-state index contributed by atoms with van der Waals surface area (Å²) in [5.74, 6) is -0.789. The lowest BCUT2D eigenvalue weighted by Crippen LogP contribution is -2.44. The van der Waals surface area contributed by atoms with Gasteiger partial charge in [-0.15, -0.1) is 0 Å². The number of hydrogen-bond donors (Lipinski definition) is 2. The van der Waals surface area contributed by atoms with Gasteiger partial charge in [0.2, 0.25) is 11.8 Å². The van der Waals surface area contributed by atoms with E-state index in [1.54, 1.807) is 23.1 Å². The molecular formula is C25H26N4O4. The molecule has 2 aliphatic heterocycles. The maximum Gasteiger partial charge on any atom is 0.325 e. The van der Waals surface area contributed by atoms with E-state index in [1.165, 1.54) is 0 Å². The van der Waals surface area contributed by atoms with Gasteiger partial charge < -0.3 is 15.5 Å². The molecule has 1 aliphatic carbocycles. The maximum absolute atomic E-state index is 13.5. The van der Waals surface area contributed by atoms with Crippen LogP contribution in [0.3, 0.4) is 0 Å². The van der Waals surface area contributed by atoms with Crippen LogP contribution in [0, 0.1) is 0 Å². The summed E-state index contributed by atoms with van der Waals surface area (Å²) in [6, 6.07) is 14.2. The van der Waals surface area contributed by atoms with Gasteiger partial charge in [0.25, 0.3) is 5.91 Å². The number of amides is 5. The molecule has 1 spiro atoms. The summed E-state index contributed by atoms with van der Waals surface area (Å²) in [6.07, 6.45) is 4.46. The topological polar surface area (TPSA) is 98.8 Å². The third-order valence-electron chi connectivity index (χ3n) is 6.72. The first-order valence-electron chi connectivity index (χ1n) is 11.4. The van der Waals surface area contributed by atoms with Crippen molar-refractivity contribution in [3.63, 3.8) is 0 Å². The highest BCUT2D eigenvalue weighted by Gasteiger charge is 2.53.